The largest absolute Gasteiger partial charge is 0.478 e. The van der Waals surface area contributed by atoms with Gasteiger partial charge in [-0.05, 0) is 42.6 Å². The van der Waals surface area contributed by atoms with Crippen molar-refractivity contribution in [1.29, 1.82) is 10.5 Å². The first-order valence-electron chi connectivity index (χ1n) is 7.89. The second-order valence-corrected chi connectivity index (χ2v) is 5.72. The van der Waals surface area contributed by atoms with E-state index in [-0.39, 0.29) is 16.8 Å². The third-order valence-electron chi connectivity index (χ3n) is 4.29. The smallest absolute Gasteiger partial charge is 0.335 e. The van der Waals surface area contributed by atoms with Crippen molar-refractivity contribution in [2.24, 2.45) is 0 Å². The van der Waals surface area contributed by atoms with Crippen molar-refractivity contribution in [3.05, 3.63) is 82.3 Å². The van der Waals surface area contributed by atoms with E-state index in [9.17, 15) is 15.3 Å². The molecule has 6 nitrogen and oxygen atoms in total. The van der Waals surface area contributed by atoms with E-state index in [1.807, 2.05) is 28.8 Å². The number of para-hydroxylation sites is 1. The van der Waals surface area contributed by atoms with Crippen LogP contribution in [0.15, 0.2) is 54.1 Å². The molecule has 0 saturated carbocycles. The Morgan fingerprint density at radius 1 is 1.11 bits per heavy atom. The summed E-state index contributed by atoms with van der Waals surface area (Å²) in [6.07, 6.45) is 0. The van der Waals surface area contributed by atoms with Crippen LogP contribution in [0.2, 0.25) is 0 Å². The molecule has 0 radical (unpaired) electrons. The van der Waals surface area contributed by atoms with Gasteiger partial charge in [-0.1, -0.05) is 18.2 Å². The average molecular weight is 352 g/mol. The van der Waals surface area contributed by atoms with Crippen LogP contribution in [0.4, 0.5) is 0 Å². The predicted octanol–water partition coefficient (Wildman–Crippen LogP) is 4.31. The number of aromatic carboxylic acids is 1. The van der Waals surface area contributed by atoms with Crippen molar-refractivity contribution in [2.45, 2.75) is 6.92 Å². The quantitative estimate of drug-likeness (QED) is 0.561. The number of fused-ring (bicyclic) bond motifs is 1. The van der Waals surface area contributed by atoms with Gasteiger partial charge in [0, 0.05) is 16.9 Å². The molecule has 1 heterocycles. The minimum absolute atomic E-state index is 0.00889. The number of hydrogen-bond acceptors (Lipinski definition) is 3. The lowest BCUT2D eigenvalue weighted by atomic mass is 10.0. The maximum atomic E-state index is 11.1. The van der Waals surface area contributed by atoms with Crippen molar-refractivity contribution < 1.29 is 9.90 Å². The lowest BCUT2D eigenvalue weighted by Gasteiger charge is -2.09. The molecule has 2 aromatic carbocycles. The van der Waals surface area contributed by atoms with E-state index < -0.39 is 5.97 Å². The highest BCUT2D eigenvalue weighted by Crippen LogP contribution is 2.35. The summed E-state index contributed by atoms with van der Waals surface area (Å²) in [6, 6.07) is 17.3. The lowest BCUT2D eigenvalue weighted by molar-refractivity contribution is 0.0697. The summed E-state index contributed by atoms with van der Waals surface area (Å²) in [5.74, 6) is -1.01. The first-order chi connectivity index (χ1) is 13.0. The second-order valence-electron chi connectivity index (χ2n) is 5.72. The van der Waals surface area contributed by atoms with Gasteiger partial charge in [-0.3, -0.25) is 0 Å². The Hall–Kier alpha value is -4.34. The summed E-state index contributed by atoms with van der Waals surface area (Å²) < 4.78 is 1.88. The van der Waals surface area contributed by atoms with Gasteiger partial charge in [0.25, 0.3) is 0 Å². The maximum Gasteiger partial charge on any atom is 0.335 e. The number of aromatic nitrogens is 1. The van der Waals surface area contributed by atoms with Gasteiger partial charge >= 0.3 is 5.97 Å². The van der Waals surface area contributed by atoms with Crippen molar-refractivity contribution in [1.82, 2.24) is 4.57 Å². The van der Waals surface area contributed by atoms with E-state index >= 15 is 0 Å². The monoisotopic (exact) mass is 352 g/mol. The van der Waals surface area contributed by atoms with E-state index in [0.29, 0.717) is 11.3 Å². The highest BCUT2D eigenvalue weighted by atomic mass is 16.4. The van der Waals surface area contributed by atoms with Gasteiger partial charge in [0.2, 0.25) is 5.70 Å². The fourth-order valence-corrected chi connectivity index (χ4v) is 3.12. The van der Waals surface area contributed by atoms with E-state index in [4.69, 9.17) is 11.7 Å². The lowest BCUT2D eigenvalue weighted by Crippen LogP contribution is -2.00. The fourth-order valence-electron chi connectivity index (χ4n) is 3.12. The third kappa shape index (κ3) is 2.80. The highest BCUT2D eigenvalue weighted by Gasteiger charge is 2.21. The minimum Gasteiger partial charge on any atom is -0.478 e. The predicted molar refractivity (Wildman–Crippen MR) is 99.7 cm³/mol. The summed E-state index contributed by atoms with van der Waals surface area (Å²) in [7, 11) is 0. The molecule has 0 aliphatic rings. The van der Waals surface area contributed by atoms with Crippen LogP contribution in [-0.4, -0.2) is 15.6 Å². The minimum atomic E-state index is -1.01. The molecular weight excluding hydrogens is 340 g/mol. The van der Waals surface area contributed by atoms with Gasteiger partial charge in [0.15, 0.2) is 0 Å². The summed E-state index contributed by atoms with van der Waals surface area (Å²) in [6.45, 7) is 9.29. The van der Waals surface area contributed by atoms with Crippen LogP contribution in [0.25, 0.3) is 27.1 Å². The van der Waals surface area contributed by atoms with Crippen molar-refractivity contribution in [2.75, 3.05) is 0 Å². The molecule has 0 aliphatic heterocycles. The topological polar surface area (TPSA) is 94.2 Å². The number of carboxylic acids is 1. The normalized spacial score (nSPS) is 9.85. The van der Waals surface area contributed by atoms with Gasteiger partial charge in [-0.2, -0.15) is 10.5 Å². The molecule has 0 aliphatic carbocycles. The van der Waals surface area contributed by atoms with Crippen molar-refractivity contribution in [3.63, 3.8) is 0 Å². The van der Waals surface area contributed by atoms with Crippen LogP contribution < -0.4 is 0 Å². The number of rotatable bonds is 3. The Balaban J connectivity index is 2.38. The van der Waals surface area contributed by atoms with Gasteiger partial charge in [-0.25, -0.2) is 9.64 Å². The number of hydrogen-bond donors (Lipinski definition) is 1. The van der Waals surface area contributed by atoms with Crippen LogP contribution >= 0.6 is 0 Å². The van der Waals surface area contributed by atoms with Gasteiger partial charge < -0.3 is 9.67 Å². The molecule has 1 aromatic heterocycles. The van der Waals surface area contributed by atoms with Gasteiger partial charge in [-0.15, -0.1) is 0 Å². The number of benzene rings is 2. The van der Waals surface area contributed by atoms with Gasteiger partial charge in [0.1, 0.15) is 5.57 Å². The zero-order chi connectivity index (χ0) is 19.6. The molecule has 0 fully saturated rings. The third-order valence-corrected chi connectivity index (χ3v) is 4.29. The van der Waals surface area contributed by atoms with Crippen LogP contribution in [0.5, 0.6) is 0 Å². The van der Waals surface area contributed by atoms with Crippen LogP contribution in [-0.2, 0) is 0 Å². The Bertz CT molecular complexity index is 1210. The zero-order valence-electron chi connectivity index (χ0n) is 14.3. The number of carboxylic acid groups (broad SMARTS) is 1. The van der Waals surface area contributed by atoms with E-state index in [1.54, 1.807) is 31.2 Å². The standard InChI is InChI=1S/C21H12N4O2/c1-13-19(20(24-2)15(11-22)12-23)17-5-3-4-6-18(17)25(13)16-9-7-14(8-10-16)21(26)27/h3-10H,1H3,(H,26,27). The van der Waals surface area contributed by atoms with Crippen LogP contribution in [0, 0.1) is 36.2 Å². The molecule has 6 heteroatoms. The zero-order valence-corrected chi connectivity index (χ0v) is 14.3. The molecule has 0 bridgehead atoms. The van der Waals surface area contributed by atoms with Gasteiger partial charge in [0.05, 0.1) is 29.8 Å². The molecule has 128 valence electrons. The Morgan fingerprint density at radius 3 is 2.30 bits per heavy atom. The molecule has 3 aromatic rings. The Kier molecular flexibility index (Phi) is 4.45. The summed E-state index contributed by atoms with van der Waals surface area (Å²) in [5, 5.41) is 28.3. The van der Waals surface area contributed by atoms with Crippen LogP contribution in [0.1, 0.15) is 21.6 Å². The maximum absolute atomic E-state index is 11.1. The molecule has 27 heavy (non-hydrogen) atoms. The number of nitriles is 2. The van der Waals surface area contributed by atoms with E-state index in [2.05, 4.69) is 4.85 Å². The summed E-state index contributed by atoms with van der Waals surface area (Å²) in [5.41, 5.74) is 2.68. The molecule has 0 spiro atoms. The highest BCUT2D eigenvalue weighted by molar-refractivity contribution is 5.99. The number of carbonyl (C=O) groups is 1. The van der Waals surface area contributed by atoms with Crippen molar-refractivity contribution in [3.8, 4) is 17.8 Å². The first kappa shape index (κ1) is 17.5. The second kappa shape index (κ2) is 6.88. The van der Waals surface area contributed by atoms with Crippen molar-refractivity contribution >= 4 is 22.6 Å². The van der Waals surface area contributed by atoms with E-state index in [1.165, 1.54) is 12.1 Å². The fraction of sp³-hybridized carbons (Fsp3) is 0.0476. The first-order valence-corrected chi connectivity index (χ1v) is 7.89. The molecule has 3 rings (SSSR count). The molecule has 0 atom stereocenters. The molecule has 0 amide bonds. The summed E-state index contributed by atoms with van der Waals surface area (Å²) in [4.78, 5) is 14.5. The molecule has 1 N–H and O–H groups in total. The molecular formula is C21H12N4O2. The Morgan fingerprint density at radius 2 is 1.74 bits per heavy atom. The molecule has 0 unspecified atom stereocenters. The molecule has 0 saturated heterocycles. The average Bonchev–Trinajstić information content (AvgIpc) is 2.98. The number of allylic oxidation sites excluding steroid dienone is 1. The Labute approximate surface area is 155 Å². The van der Waals surface area contributed by atoms with E-state index in [0.717, 1.165) is 16.6 Å². The summed E-state index contributed by atoms with van der Waals surface area (Å²) >= 11 is 0. The number of nitrogens with zero attached hydrogens (tertiary/aromatic N) is 4. The SMILES string of the molecule is [C-]#[N+]C(=C(C#N)C#N)c1c(C)n(-c2ccc(C(=O)O)cc2)c2ccccc12. The van der Waals surface area contributed by atoms with Crippen LogP contribution in [0.3, 0.4) is 0 Å².